The number of benzene rings is 1. The zero-order valence-corrected chi connectivity index (χ0v) is 22.7. The molecule has 2 saturated heterocycles. The molecule has 0 amide bonds. The fraction of sp³-hybridized carbons (Fsp3) is 0.483. The Morgan fingerprint density at radius 1 is 0.947 bits per heavy atom. The summed E-state index contributed by atoms with van der Waals surface area (Å²) in [6.07, 6.45) is 8.23. The number of likely N-dealkylation sites (N-methyl/N-ethyl adjacent to an activating group) is 1. The third-order valence-corrected chi connectivity index (χ3v) is 8.30. The number of fused-ring (bicyclic) bond motifs is 1. The van der Waals surface area contributed by atoms with Crippen molar-refractivity contribution in [3.05, 3.63) is 47.9 Å². The smallest absolute Gasteiger partial charge is 0.160 e. The van der Waals surface area contributed by atoms with Crippen molar-refractivity contribution in [2.24, 2.45) is 0 Å². The van der Waals surface area contributed by atoms with Crippen molar-refractivity contribution in [1.82, 2.24) is 34.8 Å². The van der Waals surface area contributed by atoms with Crippen LogP contribution < -0.4 is 4.90 Å². The van der Waals surface area contributed by atoms with Gasteiger partial charge in [-0.05, 0) is 63.1 Å². The van der Waals surface area contributed by atoms with Gasteiger partial charge in [-0.15, -0.1) is 10.2 Å². The third-order valence-electron chi connectivity index (χ3n) is 8.30. The Morgan fingerprint density at radius 2 is 1.68 bits per heavy atom. The number of aryl methyl sites for hydroxylation is 2. The Hall–Kier alpha value is -3.27. The summed E-state index contributed by atoms with van der Waals surface area (Å²) in [5, 5.41) is 24.1. The van der Waals surface area contributed by atoms with Crippen molar-refractivity contribution < 1.29 is 5.11 Å². The molecule has 0 radical (unpaired) electrons. The SMILES string of the molecule is Cc1cc(-c2cc3c(-c4cnn(C5CCN(CCO)CC5)c4)c[nH]c3nn2)cc(C)c1N1CCN(C)CC1. The van der Waals surface area contributed by atoms with Crippen molar-refractivity contribution in [1.29, 1.82) is 0 Å². The number of H-pyrrole nitrogens is 1. The molecule has 0 spiro atoms. The van der Waals surface area contributed by atoms with Crippen LogP contribution in [0.4, 0.5) is 5.69 Å². The molecule has 0 bridgehead atoms. The van der Waals surface area contributed by atoms with Crippen LogP contribution in [0.2, 0.25) is 0 Å². The monoisotopic (exact) mass is 514 g/mol. The fourth-order valence-electron chi connectivity index (χ4n) is 6.16. The van der Waals surface area contributed by atoms with E-state index in [1.807, 2.05) is 12.4 Å². The van der Waals surface area contributed by atoms with Gasteiger partial charge in [-0.25, -0.2) is 0 Å². The predicted octanol–water partition coefficient (Wildman–Crippen LogP) is 3.49. The summed E-state index contributed by atoms with van der Waals surface area (Å²) in [6.45, 7) is 11.7. The molecule has 2 N–H and O–H groups in total. The van der Waals surface area contributed by atoms with E-state index in [-0.39, 0.29) is 6.61 Å². The van der Waals surface area contributed by atoms with E-state index in [4.69, 9.17) is 5.10 Å². The predicted molar refractivity (Wildman–Crippen MR) is 152 cm³/mol. The molecule has 2 aliphatic heterocycles. The van der Waals surface area contributed by atoms with E-state index in [9.17, 15) is 5.11 Å². The lowest BCUT2D eigenvalue weighted by atomic mass is 9.99. The molecule has 0 unspecified atom stereocenters. The van der Waals surface area contributed by atoms with Crippen molar-refractivity contribution in [2.75, 3.05) is 64.4 Å². The van der Waals surface area contributed by atoms with E-state index in [2.05, 4.69) is 79.9 Å². The van der Waals surface area contributed by atoms with Gasteiger partial charge in [0.2, 0.25) is 0 Å². The van der Waals surface area contributed by atoms with Gasteiger partial charge in [0.1, 0.15) is 0 Å². The summed E-state index contributed by atoms with van der Waals surface area (Å²) in [4.78, 5) is 10.5. The number of rotatable bonds is 6. The molecular weight excluding hydrogens is 476 g/mol. The van der Waals surface area contributed by atoms with Crippen molar-refractivity contribution in [3.8, 4) is 22.4 Å². The molecule has 3 aromatic heterocycles. The van der Waals surface area contributed by atoms with Crippen molar-refractivity contribution in [3.63, 3.8) is 0 Å². The number of aliphatic hydroxyl groups is 1. The van der Waals surface area contributed by atoms with Crippen LogP contribution in [0, 0.1) is 13.8 Å². The highest BCUT2D eigenvalue weighted by Crippen LogP contribution is 2.34. The van der Waals surface area contributed by atoms with Crippen LogP contribution in [-0.4, -0.2) is 99.3 Å². The molecule has 4 aromatic rings. The largest absolute Gasteiger partial charge is 0.395 e. The van der Waals surface area contributed by atoms with Gasteiger partial charge in [0.25, 0.3) is 0 Å². The van der Waals surface area contributed by atoms with Gasteiger partial charge in [-0.3, -0.25) is 4.68 Å². The molecule has 1 aromatic carbocycles. The normalized spacial score (nSPS) is 18.1. The Morgan fingerprint density at radius 3 is 2.39 bits per heavy atom. The van der Waals surface area contributed by atoms with E-state index >= 15 is 0 Å². The molecule has 0 aliphatic carbocycles. The van der Waals surface area contributed by atoms with Gasteiger partial charge in [-0.1, -0.05) is 0 Å². The molecule has 9 nitrogen and oxygen atoms in total. The molecular formula is C29H38N8O. The summed E-state index contributed by atoms with van der Waals surface area (Å²) < 4.78 is 2.11. The van der Waals surface area contributed by atoms with E-state index in [0.717, 1.165) is 92.1 Å². The first-order chi connectivity index (χ1) is 18.5. The topological polar surface area (TPSA) is 89.3 Å². The standard InChI is InChI=1S/C29H38N8O/c1-20-14-22(15-21(2)28(20)36-10-8-34(3)9-11-36)27-16-25-26(18-30-29(25)33-32-27)23-17-31-37(19-23)24-4-6-35(7-5-24)12-13-38/h14-19,24,38H,4-13H2,1-3H3,(H,30,33). The number of likely N-dealkylation sites (tertiary alicyclic amines) is 1. The number of piperazine rings is 1. The highest BCUT2D eigenvalue weighted by atomic mass is 16.3. The number of aromatic amines is 1. The molecule has 200 valence electrons. The first kappa shape index (κ1) is 25.0. The number of piperidine rings is 1. The van der Waals surface area contributed by atoms with Crippen LogP contribution in [0.15, 0.2) is 36.8 Å². The van der Waals surface area contributed by atoms with Gasteiger partial charge in [-0.2, -0.15) is 5.10 Å². The van der Waals surface area contributed by atoms with Gasteiger partial charge >= 0.3 is 0 Å². The van der Waals surface area contributed by atoms with Crippen LogP contribution >= 0.6 is 0 Å². The second-order valence-corrected chi connectivity index (χ2v) is 10.9. The van der Waals surface area contributed by atoms with Crippen LogP contribution in [0.3, 0.4) is 0 Å². The number of anilines is 1. The van der Waals surface area contributed by atoms with Gasteiger partial charge in [0, 0.05) is 86.0 Å². The number of hydrogen-bond donors (Lipinski definition) is 2. The van der Waals surface area contributed by atoms with Crippen molar-refractivity contribution in [2.45, 2.75) is 32.7 Å². The molecule has 9 heteroatoms. The minimum absolute atomic E-state index is 0.224. The highest BCUT2D eigenvalue weighted by molar-refractivity contribution is 5.95. The van der Waals surface area contributed by atoms with Crippen LogP contribution in [0.5, 0.6) is 0 Å². The molecule has 38 heavy (non-hydrogen) atoms. The maximum absolute atomic E-state index is 9.22. The molecule has 2 fully saturated rings. The molecule has 2 aliphatic rings. The van der Waals surface area contributed by atoms with E-state index < -0.39 is 0 Å². The molecule has 6 rings (SSSR count). The van der Waals surface area contributed by atoms with E-state index in [0.29, 0.717) is 6.04 Å². The number of aromatic nitrogens is 5. The van der Waals surface area contributed by atoms with Crippen LogP contribution in [0.1, 0.15) is 30.0 Å². The number of hydrogen-bond acceptors (Lipinski definition) is 7. The number of aliphatic hydroxyl groups excluding tert-OH is 1. The van der Waals surface area contributed by atoms with Crippen LogP contribution in [0.25, 0.3) is 33.4 Å². The summed E-state index contributed by atoms with van der Waals surface area (Å²) in [5.74, 6) is 0. The summed E-state index contributed by atoms with van der Waals surface area (Å²) in [7, 11) is 2.19. The fourth-order valence-corrected chi connectivity index (χ4v) is 6.16. The number of nitrogens with zero attached hydrogens (tertiary/aromatic N) is 7. The number of nitrogens with one attached hydrogen (secondary N) is 1. The Kier molecular flexibility index (Phi) is 6.90. The lowest BCUT2D eigenvalue weighted by molar-refractivity contribution is 0.146. The summed E-state index contributed by atoms with van der Waals surface area (Å²) in [5.41, 5.74) is 8.89. The lowest BCUT2D eigenvalue weighted by Crippen LogP contribution is -2.45. The third kappa shape index (κ3) is 4.81. The summed E-state index contributed by atoms with van der Waals surface area (Å²) in [6, 6.07) is 7.06. The Labute approximate surface area is 224 Å². The maximum atomic E-state index is 9.22. The van der Waals surface area contributed by atoms with E-state index in [1.54, 1.807) is 0 Å². The zero-order valence-electron chi connectivity index (χ0n) is 22.7. The average Bonchev–Trinajstić information content (AvgIpc) is 3.57. The lowest BCUT2D eigenvalue weighted by Gasteiger charge is -2.36. The number of β-amino-alcohol motifs (C(OH)–C–C–N with tert-alkyl or cyclic N) is 1. The second-order valence-electron chi connectivity index (χ2n) is 10.9. The van der Waals surface area contributed by atoms with Crippen LogP contribution in [-0.2, 0) is 0 Å². The zero-order chi connectivity index (χ0) is 26.2. The van der Waals surface area contributed by atoms with Gasteiger partial charge in [0.15, 0.2) is 5.65 Å². The van der Waals surface area contributed by atoms with Gasteiger partial charge < -0.3 is 24.8 Å². The Bertz CT molecular complexity index is 1390. The molecule has 0 saturated carbocycles. The maximum Gasteiger partial charge on any atom is 0.160 e. The Balaban J connectivity index is 1.26. The van der Waals surface area contributed by atoms with Crippen molar-refractivity contribution >= 4 is 16.7 Å². The summed E-state index contributed by atoms with van der Waals surface area (Å²) >= 11 is 0. The van der Waals surface area contributed by atoms with Gasteiger partial charge in [0.05, 0.1) is 24.5 Å². The molecule has 5 heterocycles. The second kappa shape index (κ2) is 10.5. The first-order valence-electron chi connectivity index (χ1n) is 13.8. The minimum Gasteiger partial charge on any atom is -0.395 e. The average molecular weight is 515 g/mol. The molecule has 0 atom stereocenters. The highest BCUT2D eigenvalue weighted by Gasteiger charge is 2.22. The van der Waals surface area contributed by atoms with E-state index in [1.165, 1.54) is 16.8 Å². The first-order valence-corrected chi connectivity index (χ1v) is 13.8. The minimum atomic E-state index is 0.224. The quantitative estimate of drug-likeness (QED) is 0.407.